The number of hydrogen-bond acceptors (Lipinski definition) is 11. The molecular weight excluding hydrogens is 510 g/mol. The highest BCUT2D eigenvalue weighted by atomic mass is 16.5. The smallest absolute Gasteiger partial charge is 0.202 e. The number of aliphatic hydroxyl groups is 3. The first-order chi connectivity index (χ1) is 18.4. The molecule has 2 aromatic carbocycles. The maximum Gasteiger partial charge on any atom is 0.202 e. The Bertz CT molecular complexity index is 1380. The molecule has 0 aromatic heterocycles. The number of ketones is 3. The van der Waals surface area contributed by atoms with Gasteiger partial charge >= 0.3 is 0 Å². The van der Waals surface area contributed by atoms with E-state index in [0.29, 0.717) is 6.42 Å². The van der Waals surface area contributed by atoms with Crippen LogP contribution < -0.4 is 10.5 Å². The molecule has 7 N–H and O–H groups in total. The van der Waals surface area contributed by atoms with Gasteiger partial charge in [-0.2, -0.15) is 0 Å². The molecule has 2 aromatic rings. The first-order valence-corrected chi connectivity index (χ1v) is 12.8. The Morgan fingerprint density at radius 3 is 2.44 bits per heavy atom. The number of nitrogens with two attached hydrogens (primary N) is 1. The number of aromatic hydroxyl groups is 2. The van der Waals surface area contributed by atoms with E-state index in [-0.39, 0.29) is 40.3 Å². The van der Waals surface area contributed by atoms with E-state index in [9.17, 15) is 39.9 Å². The van der Waals surface area contributed by atoms with Gasteiger partial charge in [-0.05, 0) is 24.8 Å². The molecule has 1 fully saturated rings. The molecule has 1 saturated carbocycles. The highest BCUT2D eigenvalue weighted by Gasteiger charge is 2.50. The molecule has 0 saturated heterocycles. The Labute approximate surface area is 223 Å². The number of phenols is 2. The van der Waals surface area contributed by atoms with Crippen LogP contribution in [0.3, 0.4) is 0 Å². The average molecular weight is 542 g/mol. The maximum atomic E-state index is 13.7. The Hall–Kier alpha value is -3.35. The molecule has 0 heterocycles. The van der Waals surface area contributed by atoms with Crippen LogP contribution in [0.1, 0.15) is 75.3 Å². The minimum Gasteiger partial charge on any atom is -0.507 e. The summed E-state index contributed by atoms with van der Waals surface area (Å²) in [5.41, 5.74) is 2.76. The topological polar surface area (TPSA) is 197 Å². The van der Waals surface area contributed by atoms with Crippen molar-refractivity contribution in [1.82, 2.24) is 0 Å². The highest BCUT2D eigenvalue weighted by Crippen LogP contribution is 2.52. The summed E-state index contributed by atoms with van der Waals surface area (Å²) < 4.78 is 11.5. The van der Waals surface area contributed by atoms with Crippen LogP contribution in [-0.2, 0) is 16.0 Å². The summed E-state index contributed by atoms with van der Waals surface area (Å²) in [6.07, 6.45) is -2.82. The average Bonchev–Trinajstić information content (AvgIpc) is 2.90. The molecule has 3 aliphatic carbocycles. The van der Waals surface area contributed by atoms with E-state index in [1.807, 2.05) is 0 Å². The van der Waals surface area contributed by atoms with Gasteiger partial charge in [0.2, 0.25) is 5.78 Å². The van der Waals surface area contributed by atoms with Gasteiger partial charge in [-0.3, -0.25) is 14.4 Å². The van der Waals surface area contributed by atoms with Crippen LogP contribution in [0, 0.1) is 5.92 Å². The van der Waals surface area contributed by atoms with Crippen LogP contribution >= 0.6 is 0 Å². The fourth-order valence-corrected chi connectivity index (χ4v) is 6.25. The fourth-order valence-electron chi connectivity index (χ4n) is 6.25. The van der Waals surface area contributed by atoms with Gasteiger partial charge in [0.25, 0.3) is 0 Å². The van der Waals surface area contributed by atoms with Crippen LogP contribution in [0.15, 0.2) is 18.2 Å². The summed E-state index contributed by atoms with van der Waals surface area (Å²) in [5, 5.41) is 54.0. The molecule has 208 valence electrons. The second-order valence-electron chi connectivity index (χ2n) is 10.7. The summed E-state index contributed by atoms with van der Waals surface area (Å²) in [4.78, 5) is 39.8. The van der Waals surface area contributed by atoms with Gasteiger partial charge < -0.3 is 40.7 Å². The third-order valence-electron chi connectivity index (χ3n) is 8.29. The van der Waals surface area contributed by atoms with Crippen LogP contribution in [0.2, 0.25) is 0 Å². The number of aliphatic hydroxyl groups excluding tert-OH is 2. The maximum absolute atomic E-state index is 13.7. The molecule has 39 heavy (non-hydrogen) atoms. The predicted molar refractivity (Wildman–Crippen MR) is 135 cm³/mol. The monoisotopic (exact) mass is 541 g/mol. The minimum atomic E-state index is -2.19. The lowest BCUT2D eigenvalue weighted by Crippen LogP contribution is -2.50. The molecule has 11 nitrogen and oxygen atoms in total. The van der Waals surface area contributed by atoms with E-state index in [1.54, 1.807) is 6.92 Å². The summed E-state index contributed by atoms with van der Waals surface area (Å²) in [5.74, 6) is -3.79. The summed E-state index contributed by atoms with van der Waals surface area (Å²) >= 11 is 0. The fraction of sp³-hybridized carbons (Fsp3) is 0.464. The summed E-state index contributed by atoms with van der Waals surface area (Å²) in [6, 6.07) is 3.81. The molecule has 0 amide bonds. The molecule has 0 aliphatic heterocycles. The SMILES string of the molecule is COc1cccc2c1C(=O)c1c(O)c3c(c(O)c1C2=O)C[C@@](O)(C(=O)CO)C[C@@H]3OC1CC(C)C(O)C(N)C1. The Morgan fingerprint density at radius 2 is 1.79 bits per heavy atom. The molecule has 5 rings (SSSR count). The molecule has 0 bridgehead atoms. The Morgan fingerprint density at radius 1 is 1.10 bits per heavy atom. The molecular formula is C28H31NO10. The number of phenolic OH excluding ortho intramolecular Hbond substituents is 2. The third kappa shape index (κ3) is 4.12. The predicted octanol–water partition coefficient (Wildman–Crippen LogP) is 0.665. The lowest BCUT2D eigenvalue weighted by molar-refractivity contribution is -0.151. The van der Waals surface area contributed by atoms with Gasteiger partial charge in [0.1, 0.15) is 29.5 Å². The zero-order valence-corrected chi connectivity index (χ0v) is 21.5. The van der Waals surface area contributed by atoms with Gasteiger partial charge in [-0.1, -0.05) is 19.1 Å². The van der Waals surface area contributed by atoms with Gasteiger partial charge in [-0.15, -0.1) is 0 Å². The number of methoxy groups -OCH3 is 1. The number of ether oxygens (including phenoxy) is 2. The van der Waals surface area contributed by atoms with Crippen molar-refractivity contribution in [3.8, 4) is 17.2 Å². The second kappa shape index (κ2) is 9.68. The second-order valence-corrected chi connectivity index (χ2v) is 10.7. The quantitative estimate of drug-likeness (QED) is 0.248. The van der Waals surface area contributed by atoms with Crippen LogP contribution in [0.4, 0.5) is 0 Å². The summed E-state index contributed by atoms with van der Waals surface area (Å²) in [6.45, 7) is 0.813. The van der Waals surface area contributed by atoms with Crippen LogP contribution in [0.5, 0.6) is 17.2 Å². The molecule has 4 unspecified atom stereocenters. The zero-order chi connectivity index (χ0) is 28.4. The van der Waals surface area contributed by atoms with Crippen LogP contribution in [0.25, 0.3) is 0 Å². The van der Waals surface area contributed by atoms with E-state index >= 15 is 0 Å². The van der Waals surface area contributed by atoms with E-state index < -0.39 is 89.4 Å². The standard InChI is InChI=1S/C28H31NO10/c1-11-6-12(7-15(29)23(11)32)39-17-9-28(37,18(31)10-30)8-14-20(17)27(36)22-21(25(14)34)24(33)13-4-3-5-16(38-2)19(13)26(22)35/h3-5,11-12,15,17,23,30,32,34,36-37H,6-10,29H2,1-2H3/t11?,12?,15?,17-,23?,28-/m0/s1. The number of benzene rings is 2. The van der Waals surface area contributed by atoms with Crippen molar-refractivity contribution in [2.45, 2.75) is 62.6 Å². The van der Waals surface area contributed by atoms with Gasteiger partial charge in [-0.25, -0.2) is 0 Å². The van der Waals surface area contributed by atoms with Crippen molar-refractivity contribution < 1.29 is 49.4 Å². The van der Waals surface area contributed by atoms with E-state index in [1.165, 1.54) is 25.3 Å². The van der Waals surface area contributed by atoms with Gasteiger partial charge in [0, 0.05) is 35.6 Å². The lowest BCUT2D eigenvalue weighted by atomic mass is 9.71. The van der Waals surface area contributed by atoms with Gasteiger partial charge in [0.05, 0.1) is 42.1 Å². The van der Waals surface area contributed by atoms with E-state index in [4.69, 9.17) is 15.2 Å². The van der Waals surface area contributed by atoms with Crippen LogP contribution in [-0.4, -0.2) is 80.4 Å². The lowest BCUT2D eigenvalue weighted by Gasteiger charge is -2.42. The van der Waals surface area contributed by atoms with Crippen molar-refractivity contribution in [2.75, 3.05) is 13.7 Å². The molecule has 11 heteroatoms. The zero-order valence-electron chi connectivity index (χ0n) is 21.5. The van der Waals surface area contributed by atoms with Crippen molar-refractivity contribution in [3.63, 3.8) is 0 Å². The highest BCUT2D eigenvalue weighted by molar-refractivity contribution is 6.31. The first kappa shape index (κ1) is 27.2. The molecule has 6 atom stereocenters. The minimum absolute atomic E-state index is 0.0319. The van der Waals surface area contributed by atoms with Crippen molar-refractivity contribution in [3.05, 3.63) is 51.6 Å². The number of rotatable bonds is 5. The number of carbonyl (C=O) groups excluding carboxylic acids is 3. The molecule has 0 spiro atoms. The van der Waals surface area contributed by atoms with E-state index in [0.717, 1.165) is 0 Å². The normalized spacial score (nSPS) is 29.8. The van der Waals surface area contributed by atoms with Crippen molar-refractivity contribution in [2.24, 2.45) is 11.7 Å². The largest absolute Gasteiger partial charge is 0.507 e. The Kier molecular flexibility index (Phi) is 6.76. The number of carbonyl (C=O) groups is 3. The van der Waals surface area contributed by atoms with Gasteiger partial charge in [0.15, 0.2) is 11.6 Å². The number of fused-ring (bicyclic) bond motifs is 3. The summed E-state index contributed by atoms with van der Waals surface area (Å²) in [7, 11) is 1.34. The number of hydrogen-bond donors (Lipinski definition) is 6. The molecule has 0 radical (unpaired) electrons. The molecule has 3 aliphatic rings. The van der Waals surface area contributed by atoms with Crippen molar-refractivity contribution in [1.29, 1.82) is 0 Å². The first-order valence-electron chi connectivity index (χ1n) is 12.8. The van der Waals surface area contributed by atoms with Crippen molar-refractivity contribution >= 4 is 17.3 Å². The number of Topliss-reactive ketones (excluding diaryl/α,β-unsaturated/α-hetero) is 1. The Balaban J connectivity index is 1.69. The van der Waals surface area contributed by atoms with E-state index in [2.05, 4.69) is 0 Å². The third-order valence-corrected chi connectivity index (χ3v) is 8.29.